The molecule has 3 aromatic rings. The molecule has 2 aliphatic heterocycles. The SMILES string of the molecule is COC(=O)c1cccc(CNc2ccc(NC(=O)Nc3ccc(NC(=O)CCCCCNC(=O)CCCCCNC(=O)CCC[C@@H]4SC[C@H]5NC(=O)N[C@@H]45)cc3)cc2)c1. The fourth-order valence-electron chi connectivity index (χ4n) is 6.87. The van der Waals surface area contributed by atoms with Gasteiger partial charge in [0.1, 0.15) is 0 Å². The lowest BCUT2D eigenvalue weighted by atomic mass is 10.0. The van der Waals surface area contributed by atoms with Crippen LogP contribution in [0.25, 0.3) is 0 Å². The van der Waals surface area contributed by atoms with Crippen molar-refractivity contribution in [1.82, 2.24) is 21.3 Å². The maximum Gasteiger partial charge on any atom is 0.337 e. The second-order valence-corrected chi connectivity index (χ2v) is 15.9. The van der Waals surface area contributed by atoms with Gasteiger partial charge in [-0.2, -0.15) is 11.8 Å². The van der Waals surface area contributed by atoms with Gasteiger partial charge in [0, 0.05) is 72.6 Å². The number of unbranched alkanes of at least 4 members (excludes halogenated alkanes) is 4. The van der Waals surface area contributed by atoms with Crippen molar-refractivity contribution in [1.29, 1.82) is 0 Å². The maximum atomic E-state index is 12.6. The molecule has 0 bridgehead atoms. The monoisotopic (exact) mass is 828 g/mol. The van der Waals surface area contributed by atoms with E-state index in [9.17, 15) is 28.8 Å². The highest BCUT2D eigenvalue weighted by molar-refractivity contribution is 8.00. The van der Waals surface area contributed by atoms with Gasteiger partial charge in [0.25, 0.3) is 0 Å². The van der Waals surface area contributed by atoms with E-state index >= 15 is 0 Å². The van der Waals surface area contributed by atoms with Gasteiger partial charge in [0.05, 0.1) is 24.8 Å². The quantitative estimate of drug-likeness (QED) is 0.0304. The normalized spacial score (nSPS) is 16.5. The van der Waals surface area contributed by atoms with E-state index < -0.39 is 6.03 Å². The molecule has 15 nitrogen and oxygen atoms in total. The molecule has 3 atom stereocenters. The number of ether oxygens (including phenoxy) is 1. The van der Waals surface area contributed by atoms with Crippen LogP contribution in [-0.4, -0.2) is 79.0 Å². The Morgan fingerprint density at radius 3 is 1.88 bits per heavy atom. The van der Waals surface area contributed by atoms with Crippen LogP contribution in [0.4, 0.5) is 32.3 Å². The van der Waals surface area contributed by atoms with E-state index in [0.717, 1.165) is 61.9 Å². The average Bonchev–Trinajstić information content (AvgIpc) is 3.79. The Bertz CT molecular complexity index is 1880. The smallest absolute Gasteiger partial charge is 0.337 e. The standard InChI is InChI=1S/C43H56N8O7S/c1-58-41(55)30-11-8-10-29(26-30)27-46-31-16-18-33(19-17-31)48-42(56)49-34-22-20-32(21-23-34)47-39(54)14-5-3-7-24-44-37(52)13-4-2-6-25-45-38(53)15-9-12-36-40-35(28-59-36)50-43(57)51-40/h8,10-11,16-23,26,35-36,40,46H,2-7,9,12-15,24-25,27-28H2,1H3,(H,44,52)(H,45,53)(H,47,54)(H2,48,49,56)(H2,50,51,57)/t35-,36+,40-/m1/s1. The van der Waals surface area contributed by atoms with Crippen molar-refractivity contribution < 1.29 is 33.5 Å². The number of urea groups is 2. The Balaban J connectivity index is 0.832. The van der Waals surface area contributed by atoms with E-state index in [1.807, 2.05) is 30.0 Å². The molecule has 7 amide bonds. The fourth-order valence-corrected chi connectivity index (χ4v) is 8.41. The highest BCUT2D eigenvalue weighted by Crippen LogP contribution is 2.33. The summed E-state index contributed by atoms with van der Waals surface area (Å²) in [6, 6.07) is 21.2. The first-order valence-electron chi connectivity index (χ1n) is 20.4. The highest BCUT2D eigenvalue weighted by atomic mass is 32.2. The van der Waals surface area contributed by atoms with Crippen LogP contribution in [0.5, 0.6) is 0 Å². The van der Waals surface area contributed by atoms with Crippen LogP contribution in [0.3, 0.4) is 0 Å². The summed E-state index contributed by atoms with van der Waals surface area (Å²) in [5.74, 6) is 0.500. The number of hydrogen-bond donors (Lipinski definition) is 8. The van der Waals surface area contributed by atoms with E-state index in [0.29, 0.717) is 73.2 Å². The van der Waals surface area contributed by atoms with Gasteiger partial charge >= 0.3 is 18.0 Å². The van der Waals surface area contributed by atoms with E-state index in [1.165, 1.54) is 7.11 Å². The van der Waals surface area contributed by atoms with Gasteiger partial charge in [-0.05, 0) is 105 Å². The third-order valence-electron chi connectivity index (χ3n) is 10.1. The van der Waals surface area contributed by atoms with Crippen LogP contribution in [-0.2, 0) is 25.7 Å². The summed E-state index contributed by atoms with van der Waals surface area (Å²) in [5, 5.41) is 23.9. The molecule has 59 heavy (non-hydrogen) atoms. The van der Waals surface area contributed by atoms with Crippen LogP contribution >= 0.6 is 11.8 Å². The molecule has 0 spiro atoms. The Labute approximate surface area is 349 Å². The molecular weight excluding hydrogens is 773 g/mol. The largest absolute Gasteiger partial charge is 0.465 e. The van der Waals surface area contributed by atoms with Gasteiger partial charge in [-0.3, -0.25) is 14.4 Å². The summed E-state index contributed by atoms with van der Waals surface area (Å²) < 4.78 is 4.78. The van der Waals surface area contributed by atoms with Gasteiger partial charge in [-0.15, -0.1) is 0 Å². The number of hydrogen-bond acceptors (Lipinski definition) is 9. The Kier molecular flexibility index (Phi) is 17.7. The minimum Gasteiger partial charge on any atom is -0.465 e. The minimum absolute atomic E-state index is 0.0173. The number of carbonyl (C=O) groups excluding carboxylic acids is 6. The van der Waals surface area contributed by atoms with E-state index in [1.54, 1.807) is 54.6 Å². The predicted molar refractivity (Wildman–Crippen MR) is 232 cm³/mol. The number of esters is 1. The number of methoxy groups -OCH3 is 1. The molecule has 2 aliphatic rings. The number of rotatable bonds is 23. The van der Waals surface area contributed by atoms with Crippen LogP contribution in [0.1, 0.15) is 86.6 Å². The molecule has 3 aromatic carbocycles. The first-order chi connectivity index (χ1) is 28.6. The lowest BCUT2D eigenvalue weighted by Gasteiger charge is -2.16. The van der Waals surface area contributed by atoms with E-state index in [4.69, 9.17) is 4.74 Å². The molecule has 0 aliphatic carbocycles. The van der Waals surface area contributed by atoms with Crippen molar-refractivity contribution in [2.24, 2.45) is 0 Å². The number of fused-ring (bicyclic) bond motifs is 1. The Morgan fingerprint density at radius 1 is 0.678 bits per heavy atom. The number of carbonyl (C=O) groups is 6. The maximum absolute atomic E-state index is 12.6. The Morgan fingerprint density at radius 2 is 1.25 bits per heavy atom. The Hall–Kier alpha value is -5.77. The van der Waals surface area contributed by atoms with Gasteiger partial charge in [-0.1, -0.05) is 25.0 Å². The molecule has 0 unspecified atom stereocenters. The molecular formula is C43H56N8O7S. The molecule has 5 rings (SSSR count). The van der Waals surface area contributed by atoms with Crippen LogP contribution in [0.15, 0.2) is 72.8 Å². The molecule has 2 saturated heterocycles. The van der Waals surface area contributed by atoms with Gasteiger partial charge in [0.2, 0.25) is 17.7 Å². The zero-order valence-corrected chi connectivity index (χ0v) is 34.3. The summed E-state index contributed by atoms with van der Waals surface area (Å²) in [6.07, 6.45) is 7.76. The molecule has 316 valence electrons. The molecule has 16 heteroatoms. The van der Waals surface area contributed by atoms with E-state index in [-0.39, 0.29) is 41.8 Å². The average molecular weight is 829 g/mol. The number of thioether (sulfide) groups is 1. The molecule has 0 aromatic heterocycles. The highest BCUT2D eigenvalue weighted by Gasteiger charge is 2.42. The van der Waals surface area contributed by atoms with Crippen LogP contribution in [0, 0.1) is 0 Å². The first-order valence-corrected chi connectivity index (χ1v) is 21.4. The van der Waals surface area contributed by atoms with Gasteiger partial charge < -0.3 is 47.3 Å². The molecule has 2 heterocycles. The molecule has 0 radical (unpaired) electrons. The molecule has 8 N–H and O–H groups in total. The van der Waals surface area contributed by atoms with Crippen molar-refractivity contribution >= 4 is 70.3 Å². The minimum atomic E-state index is -0.406. The first kappa shape index (κ1) is 44.3. The van der Waals surface area contributed by atoms with Crippen molar-refractivity contribution in [2.75, 3.05) is 47.2 Å². The molecule has 0 saturated carbocycles. The topological polar surface area (TPSA) is 208 Å². The second-order valence-electron chi connectivity index (χ2n) is 14.7. The fraction of sp³-hybridized carbons (Fsp3) is 0.442. The third kappa shape index (κ3) is 15.5. The summed E-state index contributed by atoms with van der Waals surface area (Å²) in [6.45, 7) is 1.69. The van der Waals surface area contributed by atoms with E-state index in [2.05, 4.69) is 42.5 Å². The second kappa shape index (κ2) is 23.6. The third-order valence-corrected chi connectivity index (χ3v) is 11.6. The number of nitrogens with one attached hydrogen (secondary N) is 8. The van der Waals surface area contributed by atoms with Gasteiger partial charge in [0.15, 0.2) is 0 Å². The molecule has 2 fully saturated rings. The zero-order chi connectivity index (χ0) is 41.8. The van der Waals surface area contributed by atoms with Crippen molar-refractivity contribution in [3.05, 3.63) is 83.9 Å². The lowest BCUT2D eigenvalue weighted by Crippen LogP contribution is -2.37. The predicted octanol–water partition coefficient (Wildman–Crippen LogP) is 6.36. The lowest BCUT2D eigenvalue weighted by molar-refractivity contribution is -0.122. The van der Waals surface area contributed by atoms with Gasteiger partial charge in [-0.25, -0.2) is 14.4 Å². The number of anilines is 4. The van der Waals surface area contributed by atoms with Crippen molar-refractivity contribution in [3.63, 3.8) is 0 Å². The van der Waals surface area contributed by atoms with Crippen molar-refractivity contribution in [3.8, 4) is 0 Å². The van der Waals surface area contributed by atoms with Crippen molar-refractivity contribution in [2.45, 2.75) is 94.5 Å². The summed E-state index contributed by atoms with van der Waals surface area (Å²) in [4.78, 5) is 72.7. The van der Waals surface area contributed by atoms with Crippen LogP contribution in [0.2, 0.25) is 0 Å². The van der Waals surface area contributed by atoms with Crippen LogP contribution < -0.4 is 42.5 Å². The summed E-state index contributed by atoms with van der Waals surface area (Å²) in [5.41, 5.74) is 4.07. The summed E-state index contributed by atoms with van der Waals surface area (Å²) in [7, 11) is 1.35. The zero-order valence-electron chi connectivity index (χ0n) is 33.5. The summed E-state index contributed by atoms with van der Waals surface area (Å²) >= 11 is 1.86. The number of amides is 7. The number of benzene rings is 3.